The summed E-state index contributed by atoms with van der Waals surface area (Å²) in [6.07, 6.45) is 0.249. The third-order valence-corrected chi connectivity index (χ3v) is 5.66. The second-order valence-corrected chi connectivity index (χ2v) is 7.98. The van der Waals surface area contributed by atoms with Gasteiger partial charge in [0, 0.05) is 6.07 Å². The molecule has 0 aliphatic carbocycles. The quantitative estimate of drug-likeness (QED) is 0.384. The lowest BCUT2D eigenvalue weighted by molar-refractivity contribution is -0.135. The summed E-state index contributed by atoms with van der Waals surface area (Å²) in [6, 6.07) is 8.09. The highest BCUT2D eigenvalue weighted by Gasteiger charge is 2.25. The van der Waals surface area contributed by atoms with Crippen LogP contribution in [0.1, 0.15) is 24.8 Å². The topological polar surface area (TPSA) is 135 Å². The molecule has 2 aromatic carbocycles. The summed E-state index contributed by atoms with van der Waals surface area (Å²) in [5.74, 6) is -0.223. The number of fused-ring (bicyclic) bond motifs is 2. The molecule has 0 saturated carbocycles. The van der Waals surface area contributed by atoms with Gasteiger partial charge in [-0.15, -0.1) is 0 Å². The maximum atomic E-state index is 12.6. The van der Waals surface area contributed by atoms with E-state index in [4.69, 9.17) is 8.92 Å². The van der Waals surface area contributed by atoms with Crippen LogP contribution in [0.4, 0.5) is 0 Å². The van der Waals surface area contributed by atoms with Gasteiger partial charge in [-0.3, -0.25) is 14.6 Å². The zero-order valence-corrected chi connectivity index (χ0v) is 15.3. The van der Waals surface area contributed by atoms with E-state index in [1.807, 2.05) is 11.9 Å². The first-order valence-corrected chi connectivity index (χ1v) is 9.69. The summed E-state index contributed by atoms with van der Waals surface area (Å²) in [5, 5.41) is -0.00234. The number of aromatic nitrogens is 2. The van der Waals surface area contributed by atoms with E-state index in [1.165, 1.54) is 24.3 Å². The van der Waals surface area contributed by atoms with Crippen LogP contribution >= 0.6 is 0 Å². The highest BCUT2D eigenvalue weighted by molar-refractivity contribution is 7.87. The fourth-order valence-corrected chi connectivity index (χ4v) is 4.01. The van der Waals surface area contributed by atoms with Gasteiger partial charge >= 0.3 is 21.8 Å². The van der Waals surface area contributed by atoms with Crippen LogP contribution < -0.4 is 20.2 Å². The maximum absolute atomic E-state index is 12.6. The first kappa shape index (κ1) is 18.0. The number of benzene rings is 2. The van der Waals surface area contributed by atoms with Crippen LogP contribution in [0.25, 0.3) is 10.9 Å². The third kappa shape index (κ3) is 3.18. The molecule has 0 saturated heterocycles. The normalized spacial score (nSPS) is 16.5. The Bertz CT molecular complexity index is 1340. The average Bonchev–Trinajstić information content (AvgIpc) is 2.60. The number of ether oxygens (including phenoxy) is 1. The number of esters is 1. The lowest BCUT2D eigenvalue weighted by Gasteiger charge is -2.21. The highest BCUT2D eigenvalue weighted by atomic mass is 32.2. The van der Waals surface area contributed by atoms with E-state index in [-0.39, 0.29) is 39.6 Å². The minimum Gasteiger partial charge on any atom is -0.426 e. The molecular formula is C18H14N2O7S. The fourth-order valence-electron chi connectivity index (χ4n) is 3.06. The Hall–Kier alpha value is -3.40. The van der Waals surface area contributed by atoms with Crippen LogP contribution in [-0.4, -0.2) is 24.4 Å². The molecule has 0 spiro atoms. The molecule has 0 bridgehead atoms. The molecule has 28 heavy (non-hydrogen) atoms. The molecule has 2 heterocycles. The van der Waals surface area contributed by atoms with Gasteiger partial charge < -0.3 is 13.9 Å². The van der Waals surface area contributed by atoms with Gasteiger partial charge in [-0.1, -0.05) is 13.0 Å². The minimum absolute atomic E-state index is 0.00234. The van der Waals surface area contributed by atoms with E-state index in [0.717, 1.165) is 11.6 Å². The molecule has 1 aliphatic rings. The van der Waals surface area contributed by atoms with Crippen molar-refractivity contribution in [3.05, 3.63) is 62.8 Å². The van der Waals surface area contributed by atoms with Gasteiger partial charge in [-0.25, -0.2) is 4.79 Å². The molecule has 1 aliphatic heterocycles. The van der Waals surface area contributed by atoms with Crippen molar-refractivity contribution in [2.24, 2.45) is 0 Å². The minimum atomic E-state index is -4.27. The van der Waals surface area contributed by atoms with E-state index >= 15 is 0 Å². The average molecular weight is 402 g/mol. The number of carbonyl (C=O) groups is 1. The second kappa shape index (κ2) is 6.34. The van der Waals surface area contributed by atoms with Crippen molar-refractivity contribution in [2.45, 2.75) is 24.2 Å². The number of H-pyrrole nitrogens is 2. The number of hydrogen-bond acceptors (Lipinski definition) is 7. The molecule has 4 rings (SSSR count). The largest absolute Gasteiger partial charge is 0.426 e. The molecule has 0 fully saturated rings. The van der Waals surface area contributed by atoms with E-state index < -0.39 is 27.3 Å². The molecule has 10 heteroatoms. The lowest BCUT2D eigenvalue weighted by atomic mass is 9.95. The summed E-state index contributed by atoms with van der Waals surface area (Å²) in [5.41, 5.74) is -0.430. The Morgan fingerprint density at radius 2 is 1.86 bits per heavy atom. The van der Waals surface area contributed by atoms with E-state index in [9.17, 15) is 22.8 Å². The van der Waals surface area contributed by atoms with Gasteiger partial charge in [0.25, 0.3) is 5.56 Å². The van der Waals surface area contributed by atoms with Gasteiger partial charge in [-0.2, -0.15) is 8.42 Å². The molecule has 9 nitrogen and oxygen atoms in total. The molecule has 1 unspecified atom stereocenters. The summed E-state index contributed by atoms with van der Waals surface area (Å²) >= 11 is 0. The first-order valence-electron chi connectivity index (χ1n) is 8.28. The van der Waals surface area contributed by atoms with Crippen LogP contribution in [0.5, 0.6) is 11.5 Å². The second-order valence-electron chi connectivity index (χ2n) is 6.43. The Morgan fingerprint density at radius 3 is 2.64 bits per heavy atom. The summed E-state index contributed by atoms with van der Waals surface area (Å²) in [7, 11) is -4.27. The van der Waals surface area contributed by atoms with Gasteiger partial charge in [-0.05, 0) is 35.7 Å². The van der Waals surface area contributed by atoms with E-state index in [1.54, 1.807) is 6.07 Å². The predicted octanol–water partition coefficient (Wildman–Crippen LogP) is 1.40. The Morgan fingerprint density at radius 1 is 1.07 bits per heavy atom. The van der Waals surface area contributed by atoms with Crippen molar-refractivity contribution in [2.75, 3.05) is 0 Å². The van der Waals surface area contributed by atoms with Gasteiger partial charge in [0.2, 0.25) is 0 Å². The van der Waals surface area contributed by atoms with Crippen molar-refractivity contribution in [3.63, 3.8) is 0 Å². The van der Waals surface area contributed by atoms with Gasteiger partial charge in [0.1, 0.15) is 16.4 Å². The van der Waals surface area contributed by atoms with Crippen molar-refractivity contribution in [1.29, 1.82) is 0 Å². The Labute approximate surface area is 158 Å². The molecule has 1 atom stereocenters. The molecule has 2 N–H and O–H groups in total. The van der Waals surface area contributed by atoms with Crippen molar-refractivity contribution in [3.8, 4) is 11.5 Å². The summed E-state index contributed by atoms with van der Waals surface area (Å²) in [4.78, 5) is 39.0. The van der Waals surface area contributed by atoms with Crippen LogP contribution in [0.2, 0.25) is 0 Å². The summed E-state index contributed by atoms with van der Waals surface area (Å²) < 4.78 is 35.5. The van der Waals surface area contributed by atoms with Crippen molar-refractivity contribution < 1.29 is 22.1 Å². The Kier molecular flexibility index (Phi) is 4.07. The zero-order valence-electron chi connectivity index (χ0n) is 14.5. The van der Waals surface area contributed by atoms with E-state index in [2.05, 4.69) is 4.98 Å². The van der Waals surface area contributed by atoms with Crippen LogP contribution in [-0.2, 0) is 14.9 Å². The maximum Gasteiger partial charge on any atom is 0.339 e. The monoisotopic (exact) mass is 402 g/mol. The zero-order chi connectivity index (χ0) is 20.1. The summed E-state index contributed by atoms with van der Waals surface area (Å²) in [6.45, 7) is 1.87. The number of rotatable bonds is 3. The van der Waals surface area contributed by atoms with Crippen LogP contribution in [0, 0.1) is 0 Å². The number of nitrogens with one attached hydrogen (secondary N) is 2. The standard InChI is InChI=1S/C18H14N2O7S/c1-9-6-16(21)26-15-7-10(2-4-12(9)15)27-28(24,25)11-3-5-14-13(8-11)17(22)20-18(23)19-14/h2-5,7-9H,6H2,1H3,(H2,19,20,22,23). The molecule has 0 amide bonds. The molecular weight excluding hydrogens is 388 g/mol. The van der Waals surface area contributed by atoms with Crippen LogP contribution in [0.3, 0.4) is 0 Å². The van der Waals surface area contributed by atoms with Gasteiger partial charge in [0.05, 0.1) is 17.3 Å². The van der Waals surface area contributed by atoms with Crippen molar-refractivity contribution >= 4 is 27.0 Å². The molecule has 144 valence electrons. The van der Waals surface area contributed by atoms with Gasteiger partial charge in [0.15, 0.2) is 0 Å². The highest BCUT2D eigenvalue weighted by Crippen LogP contribution is 2.37. The third-order valence-electron chi connectivity index (χ3n) is 4.42. The number of aromatic amines is 2. The number of hydrogen-bond donors (Lipinski definition) is 2. The molecule has 1 aromatic heterocycles. The molecule has 0 radical (unpaired) electrons. The lowest BCUT2D eigenvalue weighted by Crippen LogP contribution is -2.22. The fraction of sp³-hybridized carbons (Fsp3) is 0.167. The van der Waals surface area contributed by atoms with Crippen LogP contribution in [0.15, 0.2) is 50.9 Å². The predicted molar refractivity (Wildman–Crippen MR) is 98.1 cm³/mol. The molecule has 3 aromatic rings. The number of carbonyl (C=O) groups excluding carboxylic acids is 1. The smallest absolute Gasteiger partial charge is 0.339 e. The van der Waals surface area contributed by atoms with Crippen molar-refractivity contribution in [1.82, 2.24) is 9.97 Å². The first-order chi connectivity index (χ1) is 13.2. The SMILES string of the molecule is CC1CC(=O)Oc2cc(OS(=O)(=O)c3ccc4[nH]c(=O)[nH]c(=O)c4c3)ccc21. The Balaban J connectivity index is 1.71. The van der Waals surface area contributed by atoms with E-state index in [0.29, 0.717) is 0 Å².